The van der Waals surface area contributed by atoms with Gasteiger partial charge in [-0.25, -0.2) is 4.68 Å². The molecule has 0 aliphatic heterocycles. The number of hydrogen-bond donors (Lipinski definition) is 1. The summed E-state index contributed by atoms with van der Waals surface area (Å²) in [6, 6.07) is 1.86. The summed E-state index contributed by atoms with van der Waals surface area (Å²) in [7, 11) is 0. The molecule has 2 rings (SSSR count). The van der Waals surface area contributed by atoms with Crippen molar-refractivity contribution in [2.45, 2.75) is 13.5 Å². The number of rotatable bonds is 3. The summed E-state index contributed by atoms with van der Waals surface area (Å²) < 4.78 is 2.23. The van der Waals surface area contributed by atoms with Gasteiger partial charge in [-0.3, -0.25) is 15.1 Å². The Morgan fingerprint density at radius 2 is 2.28 bits per heavy atom. The van der Waals surface area contributed by atoms with Crippen LogP contribution in [0.3, 0.4) is 0 Å². The average Bonchev–Trinajstić information content (AvgIpc) is 2.54. The molecular weight excluding hydrogens is 302 g/mol. The Labute approximate surface area is 111 Å². The van der Waals surface area contributed by atoms with Crippen LogP contribution in [-0.4, -0.2) is 19.7 Å². The minimum atomic E-state index is -0.521. The van der Waals surface area contributed by atoms with Gasteiger partial charge in [0.2, 0.25) is 5.82 Å². The van der Waals surface area contributed by atoms with Gasteiger partial charge in [0.25, 0.3) is 0 Å². The standard InChI is InChI=1S/C10H10BrN5O2/c1-6-9(16(17)18)10(12)15(14-6)5-7-2-8(11)4-13-3-7/h2-4H,5,12H2,1H3. The number of aromatic nitrogens is 3. The van der Waals surface area contributed by atoms with Crippen LogP contribution in [0.4, 0.5) is 11.5 Å². The van der Waals surface area contributed by atoms with Crippen LogP contribution >= 0.6 is 15.9 Å². The summed E-state index contributed by atoms with van der Waals surface area (Å²) in [5.74, 6) is 0.0532. The molecule has 0 aromatic carbocycles. The lowest BCUT2D eigenvalue weighted by Crippen LogP contribution is -2.07. The van der Waals surface area contributed by atoms with E-state index in [2.05, 4.69) is 26.0 Å². The van der Waals surface area contributed by atoms with Gasteiger partial charge in [0.05, 0.1) is 11.5 Å². The summed E-state index contributed by atoms with van der Waals surface area (Å²) in [6.07, 6.45) is 3.32. The molecular formula is C10H10BrN5O2. The van der Waals surface area contributed by atoms with E-state index in [1.165, 1.54) is 4.68 Å². The number of nitrogens with two attached hydrogens (primary N) is 1. The lowest BCUT2D eigenvalue weighted by atomic mass is 10.3. The zero-order valence-electron chi connectivity index (χ0n) is 9.50. The van der Waals surface area contributed by atoms with Crippen LogP contribution in [0.2, 0.25) is 0 Å². The Morgan fingerprint density at radius 3 is 2.83 bits per heavy atom. The molecule has 7 nitrogen and oxygen atoms in total. The van der Waals surface area contributed by atoms with Gasteiger partial charge in [-0.15, -0.1) is 0 Å². The zero-order valence-corrected chi connectivity index (χ0v) is 11.1. The molecule has 0 aliphatic rings. The second-order valence-corrected chi connectivity index (χ2v) is 4.66. The largest absolute Gasteiger partial charge is 0.378 e. The van der Waals surface area contributed by atoms with E-state index in [0.29, 0.717) is 12.2 Å². The van der Waals surface area contributed by atoms with Crippen LogP contribution in [0.1, 0.15) is 11.3 Å². The summed E-state index contributed by atoms with van der Waals surface area (Å²) in [6.45, 7) is 1.90. The molecule has 0 radical (unpaired) electrons. The maximum absolute atomic E-state index is 10.8. The molecule has 8 heteroatoms. The number of hydrogen-bond acceptors (Lipinski definition) is 5. The van der Waals surface area contributed by atoms with Crippen LogP contribution in [-0.2, 0) is 6.54 Å². The highest BCUT2D eigenvalue weighted by molar-refractivity contribution is 9.10. The molecule has 0 unspecified atom stereocenters. The van der Waals surface area contributed by atoms with E-state index in [4.69, 9.17) is 5.73 Å². The van der Waals surface area contributed by atoms with Gasteiger partial charge in [-0.2, -0.15) is 5.10 Å². The Bertz CT molecular complexity index is 610. The highest BCUT2D eigenvalue weighted by Gasteiger charge is 2.22. The van der Waals surface area contributed by atoms with E-state index in [1.807, 2.05) is 6.07 Å². The molecule has 2 heterocycles. The van der Waals surface area contributed by atoms with Crippen LogP contribution in [0, 0.1) is 17.0 Å². The molecule has 0 saturated carbocycles. The third-order valence-electron chi connectivity index (χ3n) is 2.41. The lowest BCUT2D eigenvalue weighted by Gasteiger charge is -2.03. The van der Waals surface area contributed by atoms with E-state index < -0.39 is 4.92 Å². The Balaban J connectivity index is 2.36. The Hall–Kier alpha value is -1.96. The summed E-state index contributed by atoms with van der Waals surface area (Å²) in [5.41, 5.74) is 6.74. The summed E-state index contributed by atoms with van der Waals surface area (Å²) in [4.78, 5) is 14.3. The molecule has 0 saturated heterocycles. The van der Waals surface area contributed by atoms with Crippen molar-refractivity contribution in [1.29, 1.82) is 0 Å². The quantitative estimate of drug-likeness (QED) is 0.689. The molecule has 2 aromatic rings. The first kappa shape index (κ1) is 12.5. The molecule has 2 aromatic heterocycles. The van der Waals surface area contributed by atoms with Crippen molar-refractivity contribution in [2.24, 2.45) is 0 Å². The molecule has 0 fully saturated rings. The van der Waals surface area contributed by atoms with E-state index in [1.54, 1.807) is 19.3 Å². The van der Waals surface area contributed by atoms with Gasteiger partial charge in [0.1, 0.15) is 5.69 Å². The Kier molecular flexibility index (Phi) is 3.28. The van der Waals surface area contributed by atoms with E-state index in [9.17, 15) is 10.1 Å². The van der Waals surface area contributed by atoms with Gasteiger partial charge in [-0.1, -0.05) is 0 Å². The van der Waals surface area contributed by atoms with Crippen LogP contribution < -0.4 is 5.73 Å². The molecule has 94 valence electrons. The summed E-state index contributed by atoms with van der Waals surface area (Å²) >= 11 is 3.31. The first-order valence-corrected chi connectivity index (χ1v) is 5.85. The van der Waals surface area contributed by atoms with Crippen LogP contribution in [0.5, 0.6) is 0 Å². The number of nitrogen functional groups attached to an aromatic ring is 1. The predicted molar refractivity (Wildman–Crippen MR) is 69.1 cm³/mol. The molecule has 0 spiro atoms. The highest BCUT2D eigenvalue weighted by Crippen LogP contribution is 2.25. The number of aryl methyl sites for hydroxylation is 1. The number of halogens is 1. The number of anilines is 1. The molecule has 0 bridgehead atoms. The zero-order chi connectivity index (χ0) is 13.3. The van der Waals surface area contributed by atoms with Gasteiger partial charge < -0.3 is 5.73 Å². The normalized spacial score (nSPS) is 10.6. The van der Waals surface area contributed by atoms with Crippen molar-refractivity contribution < 1.29 is 4.92 Å². The molecule has 2 N–H and O–H groups in total. The van der Waals surface area contributed by atoms with Gasteiger partial charge in [0.15, 0.2) is 0 Å². The second-order valence-electron chi connectivity index (χ2n) is 3.75. The first-order chi connectivity index (χ1) is 8.49. The van der Waals surface area contributed by atoms with Gasteiger partial charge >= 0.3 is 5.69 Å². The average molecular weight is 312 g/mol. The van der Waals surface area contributed by atoms with E-state index in [-0.39, 0.29) is 11.5 Å². The fourth-order valence-corrected chi connectivity index (χ4v) is 2.06. The maximum Gasteiger partial charge on any atom is 0.333 e. The smallest absolute Gasteiger partial charge is 0.333 e. The SMILES string of the molecule is Cc1nn(Cc2cncc(Br)c2)c(N)c1[N+](=O)[O-]. The topological polar surface area (TPSA) is 99.9 Å². The Morgan fingerprint density at radius 1 is 1.56 bits per heavy atom. The number of nitrogens with zero attached hydrogens (tertiary/aromatic N) is 4. The third-order valence-corrected chi connectivity index (χ3v) is 2.84. The fourth-order valence-electron chi connectivity index (χ4n) is 1.65. The number of pyridine rings is 1. The monoisotopic (exact) mass is 311 g/mol. The van der Waals surface area contributed by atoms with Gasteiger partial charge in [-0.05, 0) is 34.5 Å². The van der Waals surface area contributed by atoms with Gasteiger partial charge in [0, 0.05) is 16.9 Å². The van der Waals surface area contributed by atoms with Crippen LogP contribution in [0.15, 0.2) is 22.9 Å². The minimum Gasteiger partial charge on any atom is -0.378 e. The second kappa shape index (κ2) is 4.73. The van der Waals surface area contributed by atoms with Crippen molar-refractivity contribution in [2.75, 3.05) is 5.73 Å². The molecule has 0 amide bonds. The number of nitro groups is 1. The first-order valence-electron chi connectivity index (χ1n) is 5.05. The molecule has 0 aliphatic carbocycles. The van der Waals surface area contributed by atoms with Crippen molar-refractivity contribution in [1.82, 2.24) is 14.8 Å². The fraction of sp³-hybridized carbons (Fsp3) is 0.200. The van der Waals surface area contributed by atoms with Crippen molar-refractivity contribution in [3.8, 4) is 0 Å². The predicted octanol–water partition coefficient (Wildman–Crippen LogP) is 1.89. The van der Waals surface area contributed by atoms with Crippen molar-refractivity contribution in [3.63, 3.8) is 0 Å². The van der Waals surface area contributed by atoms with E-state index >= 15 is 0 Å². The maximum atomic E-state index is 10.8. The molecule has 18 heavy (non-hydrogen) atoms. The van der Waals surface area contributed by atoms with Crippen molar-refractivity contribution >= 4 is 27.4 Å². The third kappa shape index (κ3) is 2.33. The van der Waals surface area contributed by atoms with Crippen molar-refractivity contribution in [3.05, 3.63) is 44.3 Å². The van der Waals surface area contributed by atoms with Crippen LogP contribution in [0.25, 0.3) is 0 Å². The minimum absolute atomic E-state index is 0.0532. The van der Waals surface area contributed by atoms with E-state index in [0.717, 1.165) is 10.0 Å². The highest BCUT2D eigenvalue weighted by atomic mass is 79.9. The summed E-state index contributed by atoms with van der Waals surface area (Å²) in [5, 5.41) is 14.9. The molecule has 0 atom stereocenters. The lowest BCUT2D eigenvalue weighted by molar-refractivity contribution is -0.384.